The summed E-state index contributed by atoms with van der Waals surface area (Å²) in [5, 5.41) is 3.18. The third-order valence-corrected chi connectivity index (χ3v) is 6.40. The average Bonchev–Trinajstić information content (AvgIpc) is 2.80. The molecule has 2 aromatic carbocycles. The van der Waals surface area contributed by atoms with E-state index in [0.29, 0.717) is 25.9 Å². The van der Waals surface area contributed by atoms with Crippen molar-refractivity contribution in [2.75, 3.05) is 32.0 Å². The van der Waals surface area contributed by atoms with Crippen molar-refractivity contribution < 1.29 is 14.3 Å². The summed E-state index contributed by atoms with van der Waals surface area (Å²) in [4.78, 5) is 29.9. The minimum absolute atomic E-state index is 0.00782. The molecule has 6 nitrogen and oxygen atoms in total. The predicted molar refractivity (Wildman–Crippen MR) is 123 cm³/mol. The van der Waals surface area contributed by atoms with Crippen molar-refractivity contribution in [3.63, 3.8) is 0 Å². The minimum Gasteiger partial charge on any atom is -0.445 e. The Hall–Kier alpha value is -2.86. The van der Waals surface area contributed by atoms with Gasteiger partial charge in [0.05, 0.1) is 0 Å². The highest BCUT2D eigenvalue weighted by Gasteiger charge is 2.45. The van der Waals surface area contributed by atoms with E-state index in [1.807, 2.05) is 69.4 Å². The number of nitrogens with one attached hydrogen (secondary N) is 1. The zero-order valence-electron chi connectivity index (χ0n) is 19.0. The van der Waals surface area contributed by atoms with E-state index in [0.717, 1.165) is 28.9 Å². The molecule has 3 rings (SSSR count). The number of aryl methyl sites for hydroxylation is 2. The molecule has 1 fully saturated rings. The molecular weight excluding hydrogens is 390 g/mol. The first-order valence-electron chi connectivity index (χ1n) is 10.9. The zero-order chi connectivity index (χ0) is 22.4. The van der Waals surface area contributed by atoms with Gasteiger partial charge in [-0.25, -0.2) is 4.79 Å². The Kier molecular flexibility index (Phi) is 7.33. The average molecular weight is 424 g/mol. The van der Waals surface area contributed by atoms with Crippen LogP contribution in [-0.2, 0) is 16.1 Å². The molecule has 1 saturated heterocycles. The molecule has 0 unspecified atom stereocenters. The molecule has 0 spiro atoms. The number of carbonyl (C=O) groups excluding carboxylic acids is 2. The van der Waals surface area contributed by atoms with E-state index < -0.39 is 5.54 Å². The third kappa shape index (κ3) is 5.07. The van der Waals surface area contributed by atoms with Crippen LogP contribution in [0, 0.1) is 13.8 Å². The Bertz CT molecular complexity index is 885. The molecule has 0 radical (unpaired) electrons. The van der Waals surface area contributed by atoms with Crippen molar-refractivity contribution >= 4 is 17.7 Å². The highest BCUT2D eigenvalue weighted by Crippen LogP contribution is 2.31. The fourth-order valence-corrected chi connectivity index (χ4v) is 4.20. The van der Waals surface area contributed by atoms with Crippen LogP contribution in [0.5, 0.6) is 0 Å². The maximum Gasteiger partial charge on any atom is 0.410 e. The van der Waals surface area contributed by atoms with Gasteiger partial charge in [0.15, 0.2) is 0 Å². The number of likely N-dealkylation sites (N-methyl/N-ethyl adjacent to an activating group) is 1. The molecule has 31 heavy (non-hydrogen) atoms. The summed E-state index contributed by atoms with van der Waals surface area (Å²) in [5.41, 5.74) is 3.27. The molecule has 0 bridgehead atoms. The first kappa shape index (κ1) is 22.8. The highest BCUT2D eigenvalue weighted by atomic mass is 16.6. The molecule has 0 aliphatic carbocycles. The van der Waals surface area contributed by atoms with Crippen molar-refractivity contribution in [2.45, 2.75) is 45.8 Å². The van der Waals surface area contributed by atoms with Gasteiger partial charge in [0.2, 0.25) is 5.91 Å². The van der Waals surface area contributed by atoms with Crippen molar-refractivity contribution in [3.05, 3.63) is 65.2 Å². The van der Waals surface area contributed by atoms with Crippen molar-refractivity contribution in [2.24, 2.45) is 0 Å². The van der Waals surface area contributed by atoms with E-state index in [1.54, 1.807) is 4.90 Å². The lowest BCUT2D eigenvalue weighted by Gasteiger charge is -2.45. The van der Waals surface area contributed by atoms with Gasteiger partial charge >= 0.3 is 6.09 Å². The number of carbonyl (C=O) groups is 2. The van der Waals surface area contributed by atoms with Gasteiger partial charge in [-0.05, 0) is 57.0 Å². The van der Waals surface area contributed by atoms with Crippen LogP contribution in [0.2, 0.25) is 0 Å². The van der Waals surface area contributed by atoms with Crippen LogP contribution in [0.25, 0.3) is 0 Å². The first-order chi connectivity index (χ1) is 14.9. The first-order valence-corrected chi connectivity index (χ1v) is 10.9. The van der Waals surface area contributed by atoms with Gasteiger partial charge < -0.3 is 15.0 Å². The molecule has 0 atom stereocenters. The second kappa shape index (κ2) is 9.96. The van der Waals surface area contributed by atoms with E-state index in [9.17, 15) is 9.59 Å². The molecule has 0 saturated carbocycles. The fourth-order valence-electron chi connectivity index (χ4n) is 4.20. The fraction of sp³-hybridized carbons (Fsp3) is 0.440. The van der Waals surface area contributed by atoms with Crippen LogP contribution < -0.4 is 5.32 Å². The van der Waals surface area contributed by atoms with E-state index in [1.165, 1.54) is 0 Å². The highest BCUT2D eigenvalue weighted by molar-refractivity contribution is 5.99. The van der Waals surface area contributed by atoms with Crippen LogP contribution in [0.1, 0.15) is 36.5 Å². The van der Waals surface area contributed by atoms with E-state index in [-0.39, 0.29) is 18.6 Å². The van der Waals surface area contributed by atoms with Crippen LogP contribution in [0.4, 0.5) is 10.5 Å². The van der Waals surface area contributed by atoms with Crippen LogP contribution in [0.3, 0.4) is 0 Å². The van der Waals surface area contributed by atoms with Crippen molar-refractivity contribution in [1.29, 1.82) is 0 Å². The number of likely N-dealkylation sites (tertiary alicyclic amines) is 1. The molecule has 0 aromatic heterocycles. The van der Waals surface area contributed by atoms with Gasteiger partial charge in [-0.15, -0.1) is 0 Å². The molecule has 1 aliphatic heterocycles. The Morgan fingerprint density at radius 2 is 1.65 bits per heavy atom. The summed E-state index contributed by atoms with van der Waals surface area (Å²) in [5.74, 6) is -0.00782. The molecule has 2 amide bonds. The van der Waals surface area contributed by atoms with Crippen LogP contribution >= 0.6 is 0 Å². The maximum atomic E-state index is 13.5. The molecule has 1 aliphatic rings. The molecular formula is C25H33N3O3. The molecule has 2 aromatic rings. The molecule has 6 heteroatoms. The topological polar surface area (TPSA) is 61.9 Å². The van der Waals surface area contributed by atoms with Crippen molar-refractivity contribution in [3.8, 4) is 0 Å². The smallest absolute Gasteiger partial charge is 0.410 e. The number of ether oxygens (including phenoxy) is 1. The minimum atomic E-state index is -0.653. The number of rotatable bonds is 6. The Morgan fingerprint density at radius 3 is 2.23 bits per heavy atom. The van der Waals surface area contributed by atoms with Gasteiger partial charge in [0.25, 0.3) is 0 Å². The largest absolute Gasteiger partial charge is 0.445 e. The van der Waals surface area contributed by atoms with Gasteiger partial charge in [-0.3, -0.25) is 9.69 Å². The Morgan fingerprint density at radius 1 is 1.03 bits per heavy atom. The van der Waals surface area contributed by atoms with Crippen LogP contribution in [0.15, 0.2) is 48.5 Å². The lowest BCUT2D eigenvalue weighted by molar-refractivity contribution is -0.130. The summed E-state index contributed by atoms with van der Waals surface area (Å²) in [6, 6.07) is 15.7. The molecule has 166 valence electrons. The van der Waals surface area contributed by atoms with Crippen LogP contribution in [-0.4, -0.2) is 54.0 Å². The summed E-state index contributed by atoms with van der Waals surface area (Å²) in [6.45, 7) is 8.03. The predicted octanol–water partition coefficient (Wildman–Crippen LogP) is 4.37. The lowest BCUT2D eigenvalue weighted by Crippen LogP contribution is -2.61. The Labute approximate surface area is 185 Å². The maximum absolute atomic E-state index is 13.5. The standard InChI is InChI=1S/C25H33N3O3/c1-5-27(4)25(23(29)26-22-19(2)10-9-11-20(22)3)14-16-28(17-15-25)24(30)31-18-21-12-7-6-8-13-21/h6-13H,5,14-18H2,1-4H3,(H,26,29). The van der Waals surface area contributed by atoms with Gasteiger partial charge in [-0.2, -0.15) is 0 Å². The zero-order valence-corrected chi connectivity index (χ0v) is 19.0. The van der Waals surface area contributed by atoms with Gasteiger partial charge in [-0.1, -0.05) is 55.5 Å². The number of nitrogens with zero attached hydrogens (tertiary/aromatic N) is 2. The normalized spacial score (nSPS) is 15.6. The molecule has 1 N–H and O–H groups in total. The number of hydrogen-bond donors (Lipinski definition) is 1. The van der Waals surface area contributed by atoms with E-state index in [4.69, 9.17) is 4.74 Å². The number of piperidine rings is 1. The SMILES string of the molecule is CCN(C)C1(C(=O)Nc2c(C)cccc2C)CCN(C(=O)OCc2ccccc2)CC1. The summed E-state index contributed by atoms with van der Waals surface area (Å²) in [6.07, 6.45) is 0.801. The number of anilines is 1. The van der Waals surface area contributed by atoms with Gasteiger partial charge in [0.1, 0.15) is 12.1 Å². The second-order valence-corrected chi connectivity index (χ2v) is 8.29. The number of benzene rings is 2. The molecule has 1 heterocycles. The van der Waals surface area contributed by atoms with E-state index >= 15 is 0 Å². The number of amides is 2. The van der Waals surface area contributed by atoms with Gasteiger partial charge in [0, 0.05) is 18.8 Å². The summed E-state index contributed by atoms with van der Waals surface area (Å²) < 4.78 is 5.48. The van der Waals surface area contributed by atoms with Crippen molar-refractivity contribution in [1.82, 2.24) is 9.80 Å². The van der Waals surface area contributed by atoms with E-state index in [2.05, 4.69) is 17.1 Å². The quantitative estimate of drug-likeness (QED) is 0.750. The lowest BCUT2D eigenvalue weighted by atomic mass is 9.84. The monoisotopic (exact) mass is 423 g/mol. The summed E-state index contributed by atoms with van der Waals surface area (Å²) >= 11 is 0. The number of para-hydroxylation sites is 1. The third-order valence-electron chi connectivity index (χ3n) is 6.40. The number of hydrogen-bond acceptors (Lipinski definition) is 4. The second-order valence-electron chi connectivity index (χ2n) is 8.29. The summed E-state index contributed by atoms with van der Waals surface area (Å²) in [7, 11) is 1.98. The Balaban J connectivity index is 1.67.